The van der Waals surface area contributed by atoms with E-state index in [1.54, 1.807) is 6.33 Å². The second-order valence-electron chi connectivity index (χ2n) is 12.5. The van der Waals surface area contributed by atoms with Crippen LogP contribution < -0.4 is 10.9 Å². The van der Waals surface area contributed by atoms with Gasteiger partial charge >= 0.3 is 0 Å². The van der Waals surface area contributed by atoms with Gasteiger partial charge in [-0.3, -0.25) is 14.2 Å². The molecule has 2 unspecified atom stereocenters. The summed E-state index contributed by atoms with van der Waals surface area (Å²) in [4.78, 5) is 34.3. The molecular formula is C34H37ClN4O3S. The Kier molecular flexibility index (Phi) is 7.66. The summed E-state index contributed by atoms with van der Waals surface area (Å²) in [7, 11) is 1.97. The average Bonchev–Trinajstić information content (AvgIpc) is 3.62. The first-order chi connectivity index (χ1) is 20.8. The van der Waals surface area contributed by atoms with Gasteiger partial charge in [0.05, 0.1) is 39.3 Å². The molecular weight excluding hydrogens is 580 g/mol. The van der Waals surface area contributed by atoms with Gasteiger partial charge in [-0.2, -0.15) is 0 Å². The third kappa shape index (κ3) is 5.43. The molecule has 7 nitrogen and oxygen atoms in total. The monoisotopic (exact) mass is 616 g/mol. The van der Waals surface area contributed by atoms with Gasteiger partial charge in [-0.15, -0.1) is 11.3 Å². The van der Waals surface area contributed by atoms with E-state index in [-0.39, 0.29) is 23.9 Å². The molecule has 0 radical (unpaired) electrons. The molecule has 2 atom stereocenters. The molecule has 9 heteroatoms. The van der Waals surface area contributed by atoms with Gasteiger partial charge in [-0.05, 0) is 74.1 Å². The summed E-state index contributed by atoms with van der Waals surface area (Å²) in [5.41, 5.74) is 3.97. The van der Waals surface area contributed by atoms with E-state index in [1.807, 2.05) is 41.6 Å². The lowest BCUT2D eigenvalue weighted by Gasteiger charge is -2.39. The fraction of sp³-hybridized carbons (Fsp3) is 0.441. The second-order valence-corrected chi connectivity index (χ2v) is 13.8. The van der Waals surface area contributed by atoms with Crippen LogP contribution in [0.15, 0.2) is 59.0 Å². The first-order valence-electron chi connectivity index (χ1n) is 15.4. The van der Waals surface area contributed by atoms with Crippen molar-refractivity contribution in [3.63, 3.8) is 0 Å². The highest BCUT2D eigenvalue weighted by Crippen LogP contribution is 2.45. The van der Waals surface area contributed by atoms with Crippen molar-refractivity contribution >= 4 is 39.7 Å². The van der Waals surface area contributed by atoms with Crippen LogP contribution in [0.1, 0.15) is 67.2 Å². The number of aromatic nitrogens is 2. The summed E-state index contributed by atoms with van der Waals surface area (Å²) in [5, 5.41) is 18.0. The maximum absolute atomic E-state index is 13.6. The van der Waals surface area contributed by atoms with Gasteiger partial charge in [0.2, 0.25) is 5.91 Å². The number of benzene rings is 2. The zero-order valence-electron chi connectivity index (χ0n) is 24.4. The van der Waals surface area contributed by atoms with E-state index in [2.05, 4.69) is 23.5 Å². The molecule has 224 valence electrons. The maximum atomic E-state index is 13.6. The van der Waals surface area contributed by atoms with E-state index >= 15 is 0 Å². The highest BCUT2D eigenvalue weighted by molar-refractivity contribution is 7.15. The number of rotatable bonds is 8. The van der Waals surface area contributed by atoms with E-state index in [1.165, 1.54) is 45.4 Å². The van der Waals surface area contributed by atoms with Crippen LogP contribution in [0, 0.1) is 5.92 Å². The van der Waals surface area contributed by atoms with Crippen molar-refractivity contribution in [3.8, 4) is 10.4 Å². The lowest BCUT2D eigenvalue weighted by atomic mass is 9.88. The van der Waals surface area contributed by atoms with Crippen molar-refractivity contribution in [2.45, 2.75) is 69.1 Å². The fourth-order valence-corrected chi connectivity index (χ4v) is 8.56. The van der Waals surface area contributed by atoms with Crippen LogP contribution in [0.25, 0.3) is 21.3 Å². The van der Waals surface area contributed by atoms with Gasteiger partial charge in [-0.25, -0.2) is 4.98 Å². The van der Waals surface area contributed by atoms with Gasteiger partial charge in [0.25, 0.3) is 5.56 Å². The number of halogens is 1. The van der Waals surface area contributed by atoms with Gasteiger partial charge < -0.3 is 15.3 Å². The van der Waals surface area contributed by atoms with Gasteiger partial charge in [0.1, 0.15) is 0 Å². The summed E-state index contributed by atoms with van der Waals surface area (Å²) in [6.07, 6.45) is 7.23. The number of aliphatic hydroxyl groups is 1. The second kappa shape index (κ2) is 11.5. The first-order valence-corrected chi connectivity index (χ1v) is 16.6. The Bertz CT molecular complexity index is 1720. The normalized spacial score (nSPS) is 20.3. The summed E-state index contributed by atoms with van der Waals surface area (Å²) in [6.45, 7) is 1.13. The molecule has 4 aromatic rings. The number of carbonyl (C=O) groups is 1. The van der Waals surface area contributed by atoms with Crippen LogP contribution in [-0.4, -0.2) is 51.2 Å². The molecule has 1 saturated carbocycles. The molecule has 7 rings (SSSR count). The number of hydrogen-bond donors (Lipinski definition) is 2. The predicted octanol–water partition coefficient (Wildman–Crippen LogP) is 5.92. The minimum atomic E-state index is -1.07. The van der Waals surface area contributed by atoms with E-state index in [0.29, 0.717) is 55.2 Å². The van der Waals surface area contributed by atoms with Crippen molar-refractivity contribution in [2.24, 2.45) is 5.92 Å². The van der Waals surface area contributed by atoms with Crippen LogP contribution in [0.5, 0.6) is 0 Å². The highest BCUT2D eigenvalue weighted by Gasteiger charge is 2.38. The minimum Gasteiger partial charge on any atom is -0.388 e. The summed E-state index contributed by atoms with van der Waals surface area (Å²) in [6, 6.07) is 14.9. The SMILES string of the molecule is CNC1CCc2c1ccc(-c1scc3c(=O)n(CC4(O)CCN(C(=O)CC(c5ccccc5)C5CC5)CC4)cnc13)c2Cl. The Morgan fingerprint density at radius 2 is 1.93 bits per heavy atom. The number of nitrogens with one attached hydrogen (secondary N) is 1. The Labute approximate surface area is 260 Å². The minimum absolute atomic E-state index is 0.153. The molecule has 1 aliphatic heterocycles. The number of likely N-dealkylation sites (tertiary alicyclic amines) is 1. The van der Waals surface area contributed by atoms with Gasteiger partial charge in [0.15, 0.2) is 0 Å². The summed E-state index contributed by atoms with van der Waals surface area (Å²) in [5.74, 6) is 1.00. The molecule has 2 N–H and O–H groups in total. The van der Waals surface area contributed by atoms with Crippen molar-refractivity contribution in [1.29, 1.82) is 0 Å². The van der Waals surface area contributed by atoms with Crippen LogP contribution in [-0.2, 0) is 17.8 Å². The molecule has 2 fully saturated rings. The number of thiophene rings is 1. The van der Waals surface area contributed by atoms with Crippen LogP contribution in [0.3, 0.4) is 0 Å². The van der Waals surface area contributed by atoms with Crippen molar-refractivity contribution in [3.05, 3.63) is 86.2 Å². The van der Waals surface area contributed by atoms with Crippen molar-refractivity contribution < 1.29 is 9.90 Å². The third-order valence-electron chi connectivity index (χ3n) is 9.84. The van der Waals surface area contributed by atoms with Crippen molar-refractivity contribution in [2.75, 3.05) is 20.1 Å². The van der Waals surface area contributed by atoms with E-state index < -0.39 is 5.60 Å². The molecule has 0 bridgehead atoms. The van der Waals surface area contributed by atoms with Gasteiger partial charge in [-0.1, -0.05) is 54.1 Å². The fourth-order valence-electron chi connectivity index (χ4n) is 7.13. The number of hydrogen-bond acceptors (Lipinski definition) is 6. The van der Waals surface area contributed by atoms with E-state index in [0.717, 1.165) is 28.3 Å². The lowest BCUT2D eigenvalue weighted by Crippen LogP contribution is -2.49. The molecule has 2 aliphatic carbocycles. The Balaban J connectivity index is 1.04. The maximum Gasteiger partial charge on any atom is 0.262 e. The van der Waals surface area contributed by atoms with Crippen LogP contribution in [0.2, 0.25) is 5.02 Å². The zero-order valence-corrected chi connectivity index (χ0v) is 26.0. The molecule has 1 amide bonds. The predicted molar refractivity (Wildman–Crippen MR) is 172 cm³/mol. The van der Waals surface area contributed by atoms with Crippen LogP contribution >= 0.6 is 22.9 Å². The molecule has 3 heterocycles. The van der Waals surface area contributed by atoms with Gasteiger partial charge in [0, 0.05) is 36.5 Å². The summed E-state index contributed by atoms with van der Waals surface area (Å²) >= 11 is 8.39. The third-order valence-corrected chi connectivity index (χ3v) is 11.3. The molecule has 2 aromatic carbocycles. The Hall–Kier alpha value is -3.04. The molecule has 0 spiro atoms. The summed E-state index contributed by atoms with van der Waals surface area (Å²) < 4.78 is 1.52. The number of nitrogens with zero attached hydrogens (tertiary/aromatic N) is 3. The number of fused-ring (bicyclic) bond motifs is 2. The topological polar surface area (TPSA) is 87.5 Å². The number of carbonyl (C=O) groups excluding carboxylic acids is 1. The lowest BCUT2D eigenvalue weighted by molar-refractivity contribution is -0.136. The standard InChI is InChI=1S/C34H37ClN4O3S/c1-36-28-12-11-24-23(28)9-10-25(30(24)35)32-31-27(18-43-32)33(41)39(20-37-31)19-34(42)13-15-38(16-14-34)29(40)17-26(22-7-8-22)21-5-3-2-4-6-21/h2-6,9-10,18,20,22,26,28,36,42H,7-8,11-17,19H2,1H3. The largest absolute Gasteiger partial charge is 0.388 e. The first kappa shape index (κ1) is 28.7. The molecule has 3 aliphatic rings. The van der Waals surface area contributed by atoms with Crippen LogP contribution in [0.4, 0.5) is 0 Å². The number of piperidine rings is 1. The quantitative estimate of drug-likeness (QED) is 0.257. The Morgan fingerprint density at radius 1 is 1.16 bits per heavy atom. The highest BCUT2D eigenvalue weighted by atomic mass is 35.5. The Morgan fingerprint density at radius 3 is 2.65 bits per heavy atom. The average molecular weight is 617 g/mol. The zero-order chi connectivity index (χ0) is 29.7. The molecule has 1 saturated heterocycles. The number of amides is 1. The van der Waals surface area contributed by atoms with E-state index in [4.69, 9.17) is 16.6 Å². The molecule has 43 heavy (non-hydrogen) atoms. The molecule has 2 aromatic heterocycles. The smallest absolute Gasteiger partial charge is 0.262 e. The van der Waals surface area contributed by atoms with Crippen molar-refractivity contribution in [1.82, 2.24) is 19.8 Å². The van der Waals surface area contributed by atoms with E-state index in [9.17, 15) is 14.7 Å².